The van der Waals surface area contributed by atoms with Gasteiger partial charge in [0.05, 0.1) is 11.3 Å². The molecule has 33 heavy (non-hydrogen) atoms. The lowest BCUT2D eigenvalue weighted by atomic mass is 10.1. The van der Waals surface area contributed by atoms with Crippen LogP contribution in [0.2, 0.25) is 0 Å². The van der Waals surface area contributed by atoms with Gasteiger partial charge in [-0.2, -0.15) is 4.31 Å². The minimum Gasteiger partial charge on any atom is -0.456 e. The fourth-order valence-electron chi connectivity index (χ4n) is 4.02. The minimum atomic E-state index is -3.87. The molecule has 2 heterocycles. The van der Waals surface area contributed by atoms with Crippen molar-refractivity contribution in [3.8, 4) is 23.0 Å². The lowest BCUT2D eigenvalue weighted by Gasteiger charge is -2.20. The first-order valence-corrected chi connectivity index (χ1v) is 12.3. The fourth-order valence-corrected chi connectivity index (χ4v) is 5.66. The molecule has 2 aliphatic heterocycles. The SMILES string of the molecule is Cc1ccc(Oc2cc3c(cc2S(=O)(=O)N2CCCC2)C(=O)Nc2cc(C)ccc2O3)cc1. The van der Waals surface area contributed by atoms with Crippen LogP contribution >= 0.6 is 0 Å². The second kappa shape index (κ2) is 8.20. The maximum atomic E-state index is 13.5. The van der Waals surface area contributed by atoms with Gasteiger partial charge >= 0.3 is 0 Å². The van der Waals surface area contributed by atoms with Gasteiger partial charge in [0.1, 0.15) is 16.4 Å². The number of carbonyl (C=O) groups is 1. The second-order valence-electron chi connectivity index (χ2n) is 8.38. The number of carbonyl (C=O) groups excluding carboxylic acids is 1. The van der Waals surface area contributed by atoms with Crippen molar-refractivity contribution in [1.29, 1.82) is 0 Å². The normalized spacial score (nSPS) is 15.8. The summed E-state index contributed by atoms with van der Waals surface area (Å²) in [7, 11) is -3.87. The van der Waals surface area contributed by atoms with E-state index in [1.165, 1.54) is 16.4 Å². The number of hydrogen-bond acceptors (Lipinski definition) is 5. The van der Waals surface area contributed by atoms with Crippen LogP contribution in [0.25, 0.3) is 0 Å². The molecule has 0 unspecified atom stereocenters. The maximum Gasteiger partial charge on any atom is 0.259 e. The highest BCUT2D eigenvalue weighted by Crippen LogP contribution is 2.42. The topological polar surface area (TPSA) is 84.9 Å². The van der Waals surface area contributed by atoms with Gasteiger partial charge in [-0.1, -0.05) is 23.8 Å². The number of benzene rings is 3. The van der Waals surface area contributed by atoms with Crippen LogP contribution in [0, 0.1) is 13.8 Å². The van der Waals surface area contributed by atoms with Crippen LogP contribution in [0.3, 0.4) is 0 Å². The molecule has 0 aromatic heterocycles. The molecular weight excluding hydrogens is 440 g/mol. The van der Waals surface area contributed by atoms with Crippen LogP contribution in [0.5, 0.6) is 23.0 Å². The van der Waals surface area contributed by atoms with E-state index in [1.54, 1.807) is 18.2 Å². The summed E-state index contributed by atoms with van der Waals surface area (Å²) in [4.78, 5) is 13.0. The molecule has 3 aromatic carbocycles. The van der Waals surface area contributed by atoms with Crippen LogP contribution in [0.15, 0.2) is 59.5 Å². The van der Waals surface area contributed by atoms with Crippen molar-refractivity contribution in [1.82, 2.24) is 4.31 Å². The average molecular weight is 465 g/mol. The number of nitrogens with zero attached hydrogens (tertiary/aromatic N) is 1. The van der Waals surface area contributed by atoms with E-state index < -0.39 is 15.9 Å². The quantitative estimate of drug-likeness (QED) is 0.571. The number of hydrogen-bond donors (Lipinski definition) is 1. The lowest BCUT2D eigenvalue weighted by molar-refractivity contribution is 0.102. The Bertz CT molecular complexity index is 1340. The number of nitrogens with one attached hydrogen (secondary N) is 1. The number of aryl methyl sites for hydroxylation is 2. The highest BCUT2D eigenvalue weighted by atomic mass is 32.2. The Morgan fingerprint density at radius 1 is 0.909 bits per heavy atom. The molecule has 0 radical (unpaired) electrons. The summed E-state index contributed by atoms with van der Waals surface area (Å²) in [6, 6.07) is 15.6. The van der Waals surface area contributed by atoms with Crippen molar-refractivity contribution < 1.29 is 22.7 Å². The van der Waals surface area contributed by atoms with Gasteiger partial charge in [0, 0.05) is 19.2 Å². The van der Waals surface area contributed by atoms with Crippen LogP contribution in [0.4, 0.5) is 5.69 Å². The number of fused-ring (bicyclic) bond motifs is 2. The molecule has 7 nitrogen and oxygen atoms in total. The molecule has 8 heteroatoms. The minimum absolute atomic E-state index is 0.0513. The van der Waals surface area contributed by atoms with Gasteiger partial charge in [-0.15, -0.1) is 0 Å². The Labute approximate surface area is 193 Å². The van der Waals surface area contributed by atoms with Gasteiger partial charge in [-0.05, 0) is 62.6 Å². The summed E-state index contributed by atoms with van der Waals surface area (Å²) in [6.07, 6.45) is 1.60. The summed E-state index contributed by atoms with van der Waals surface area (Å²) >= 11 is 0. The lowest BCUT2D eigenvalue weighted by Crippen LogP contribution is -2.28. The molecular formula is C25H24N2O5S. The van der Waals surface area contributed by atoms with Gasteiger partial charge < -0.3 is 14.8 Å². The summed E-state index contributed by atoms with van der Waals surface area (Å²) < 4.78 is 40.6. The van der Waals surface area contributed by atoms with Gasteiger partial charge in [0.2, 0.25) is 10.0 Å². The number of amides is 1. The van der Waals surface area contributed by atoms with E-state index in [0.717, 1.165) is 24.0 Å². The third-order valence-corrected chi connectivity index (χ3v) is 7.75. The molecule has 1 saturated heterocycles. The van der Waals surface area contributed by atoms with Crippen molar-refractivity contribution in [2.24, 2.45) is 0 Å². The zero-order valence-electron chi connectivity index (χ0n) is 18.4. The van der Waals surface area contributed by atoms with E-state index >= 15 is 0 Å². The van der Waals surface area contributed by atoms with Crippen LogP contribution < -0.4 is 14.8 Å². The Morgan fingerprint density at radius 2 is 1.61 bits per heavy atom. The molecule has 0 atom stereocenters. The number of sulfonamides is 1. The molecule has 0 spiro atoms. The molecule has 170 valence electrons. The monoisotopic (exact) mass is 464 g/mol. The molecule has 5 rings (SSSR count). The largest absolute Gasteiger partial charge is 0.456 e. The molecule has 0 aliphatic carbocycles. The average Bonchev–Trinajstić information content (AvgIpc) is 3.29. The molecule has 2 aliphatic rings. The molecule has 0 saturated carbocycles. The number of rotatable bonds is 4. The Kier molecular flexibility index (Phi) is 5.34. The first-order chi connectivity index (χ1) is 15.8. The van der Waals surface area contributed by atoms with Crippen LogP contribution in [0.1, 0.15) is 34.3 Å². The van der Waals surface area contributed by atoms with Crippen molar-refractivity contribution in [2.75, 3.05) is 18.4 Å². The first kappa shape index (κ1) is 21.5. The molecule has 1 N–H and O–H groups in total. The van der Waals surface area contributed by atoms with Gasteiger partial charge in [-0.25, -0.2) is 8.42 Å². The number of anilines is 1. The third kappa shape index (κ3) is 4.07. The van der Waals surface area contributed by atoms with E-state index in [-0.39, 0.29) is 22.0 Å². The predicted octanol–water partition coefficient (Wildman–Crippen LogP) is 5.24. The molecule has 1 fully saturated rings. The molecule has 0 bridgehead atoms. The van der Waals surface area contributed by atoms with E-state index in [9.17, 15) is 13.2 Å². The fraction of sp³-hybridized carbons (Fsp3) is 0.240. The van der Waals surface area contributed by atoms with Gasteiger partial charge in [0.25, 0.3) is 5.91 Å². The predicted molar refractivity (Wildman–Crippen MR) is 125 cm³/mol. The summed E-state index contributed by atoms with van der Waals surface area (Å²) in [6.45, 7) is 4.76. The zero-order valence-corrected chi connectivity index (χ0v) is 19.2. The molecule has 1 amide bonds. The van der Waals surface area contributed by atoms with Gasteiger partial charge in [0.15, 0.2) is 11.5 Å². The standard InChI is InChI=1S/C25H24N2O5S/c1-16-5-8-18(9-6-16)31-23-15-22-19(14-24(23)33(29,30)27-11-3-4-12-27)25(28)26-20-13-17(2)7-10-21(20)32-22/h5-10,13-15H,3-4,11-12H2,1-2H3,(H,26,28). The first-order valence-electron chi connectivity index (χ1n) is 10.8. The third-order valence-electron chi connectivity index (χ3n) is 5.83. The summed E-state index contributed by atoms with van der Waals surface area (Å²) in [5.41, 5.74) is 2.68. The summed E-state index contributed by atoms with van der Waals surface area (Å²) in [5.74, 6) is 0.885. The number of ether oxygens (including phenoxy) is 2. The van der Waals surface area contributed by atoms with Crippen molar-refractivity contribution in [3.05, 3.63) is 71.3 Å². The highest BCUT2D eigenvalue weighted by molar-refractivity contribution is 7.89. The maximum absolute atomic E-state index is 13.5. The van der Waals surface area contributed by atoms with Crippen LogP contribution in [-0.4, -0.2) is 31.7 Å². The molecule has 3 aromatic rings. The van der Waals surface area contributed by atoms with E-state index in [4.69, 9.17) is 9.47 Å². The second-order valence-corrected chi connectivity index (χ2v) is 10.3. The highest BCUT2D eigenvalue weighted by Gasteiger charge is 2.33. The Morgan fingerprint density at radius 3 is 2.33 bits per heavy atom. The van der Waals surface area contributed by atoms with E-state index in [2.05, 4.69) is 5.32 Å². The zero-order chi connectivity index (χ0) is 23.2. The van der Waals surface area contributed by atoms with Gasteiger partial charge in [-0.3, -0.25) is 4.79 Å². The van der Waals surface area contributed by atoms with Crippen molar-refractivity contribution >= 4 is 21.6 Å². The Balaban J connectivity index is 1.65. The Hall–Kier alpha value is -3.36. The summed E-state index contributed by atoms with van der Waals surface area (Å²) in [5, 5.41) is 2.83. The van der Waals surface area contributed by atoms with E-state index in [0.29, 0.717) is 30.3 Å². The van der Waals surface area contributed by atoms with E-state index in [1.807, 2.05) is 38.1 Å². The van der Waals surface area contributed by atoms with Crippen LogP contribution in [-0.2, 0) is 10.0 Å². The smallest absolute Gasteiger partial charge is 0.259 e. The van der Waals surface area contributed by atoms with Crippen molar-refractivity contribution in [3.63, 3.8) is 0 Å². The van der Waals surface area contributed by atoms with Crippen molar-refractivity contribution in [2.45, 2.75) is 31.6 Å².